The molecular weight excluding hydrogens is 498 g/mol. The number of aromatic amines is 2. The maximum atomic E-state index is 12.5. The van der Waals surface area contributed by atoms with Crippen LogP contribution in [0.1, 0.15) is 85.9 Å². The smallest absolute Gasteiger partial charge is 0.408 e. The van der Waals surface area contributed by atoms with E-state index in [2.05, 4.69) is 115 Å². The first-order chi connectivity index (χ1) is 18.7. The summed E-state index contributed by atoms with van der Waals surface area (Å²) in [5.41, 5.74) is 5.50. The maximum Gasteiger partial charge on any atom is 0.408 e. The molecule has 7 nitrogen and oxygen atoms in total. The molecule has 0 fully saturated rings. The van der Waals surface area contributed by atoms with Gasteiger partial charge in [0.1, 0.15) is 17.2 Å². The number of alkyl carbamates (subject to hydrolysis) is 1. The van der Waals surface area contributed by atoms with E-state index in [9.17, 15) is 4.79 Å². The zero-order valence-corrected chi connectivity index (χ0v) is 25.2. The summed E-state index contributed by atoms with van der Waals surface area (Å²) in [6, 6.07) is 16.6. The Kier molecular flexibility index (Phi) is 8.24. The number of rotatable bonds is 7. The predicted octanol–water partition coefficient (Wildman–Crippen LogP) is 8.51. The summed E-state index contributed by atoms with van der Waals surface area (Å²) < 4.78 is 5.49. The number of benzene rings is 2. The van der Waals surface area contributed by atoms with Gasteiger partial charge in [0, 0.05) is 5.92 Å². The van der Waals surface area contributed by atoms with E-state index in [0.717, 1.165) is 39.5 Å². The molecule has 0 aliphatic rings. The van der Waals surface area contributed by atoms with Crippen molar-refractivity contribution in [1.82, 2.24) is 25.3 Å². The second-order valence-corrected chi connectivity index (χ2v) is 13.0. The van der Waals surface area contributed by atoms with Crippen molar-refractivity contribution in [3.63, 3.8) is 0 Å². The van der Waals surface area contributed by atoms with Crippen molar-refractivity contribution < 1.29 is 9.53 Å². The molecule has 0 radical (unpaired) electrons. The van der Waals surface area contributed by atoms with E-state index in [0.29, 0.717) is 17.7 Å². The Bertz CT molecular complexity index is 1420. The molecule has 0 saturated heterocycles. The molecule has 2 aromatic heterocycles. The van der Waals surface area contributed by atoms with Crippen molar-refractivity contribution in [2.75, 3.05) is 0 Å². The number of carbonyl (C=O) groups is 1. The zero-order chi connectivity index (χ0) is 29.2. The molecule has 0 aliphatic carbocycles. The molecule has 0 saturated carbocycles. The first-order valence-electron chi connectivity index (χ1n) is 14.0. The topological polar surface area (TPSA) is 95.7 Å². The van der Waals surface area contributed by atoms with E-state index < -0.39 is 11.7 Å². The zero-order valence-electron chi connectivity index (χ0n) is 25.2. The van der Waals surface area contributed by atoms with Gasteiger partial charge in [-0.3, -0.25) is 0 Å². The van der Waals surface area contributed by atoms with E-state index in [1.54, 1.807) is 0 Å². The van der Waals surface area contributed by atoms with E-state index in [1.165, 1.54) is 0 Å². The van der Waals surface area contributed by atoms with Gasteiger partial charge in [0.2, 0.25) is 0 Å². The molecule has 0 spiro atoms. The van der Waals surface area contributed by atoms with Crippen molar-refractivity contribution in [2.24, 2.45) is 11.3 Å². The van der Waals surface area contributed by atoms with Crippen molar-refractivity contribution in [2.45, 2.75) is 79.9 Å². The number of aromatic nitrogens is 4. The standard InChI is InChI=1S/C33H43N5O2/c1-20(2)21(3)29-34-18-26(36-29)24-14-10-22(11-15-24)23-12-16-25(17-13-23)27-19-35-30(37-27)28(32(4,5)6)38-31(39)40-33(7,8)9/h10-21,28H,1-9H3,(H,34,36)(H,35,37)(H,38,39)/t21-,28+/m0/s1. The summed E-state index contributed by atoms with van der Waals surface area (Å²) in [6.07, 6.45) is 3.27. The average Bonchev–Trinajstić information content (AvgIpc) is 3.56. The molecule has 2 aromatic carbocycles. The minimum absolute atomic E-state index is 0.271. The lowest BCUT2D eigenvalue weighted by molar-refractivity contribution is 0.0458. The summed E-state index contributed by atoms with van der Waals surface area (Å²) >= 11 is 0. The normalized spacial score (nSPS) is 13.8. The van der Waals surface area contributed by atoms with Gasteiger partial charge in [0.25, 0.3) is 0 Å². The third-order valence-electron chi connectivity index (χ3n) is 7.15. The van der Waals surface area contributed by atoms with Gasteiger partial charge < -0.3 is 20.0 Å². The third kappa shape index (κ3) is 7.00. The Morgan fingerprint density at radius 1 is 0.725 bits per heavy atom. The highest BCUT2D eigenvalue weighted by Gasteiger charge is 2.32. The molecule has 0 aliphatic heterocycles. The van der Waals surface area contributed by atoms with Gasteiger partial charge in [0.15, 0.2) is 0 Å². The molecule has 3 N–H and O–H groups in total. The van der Waals surface area contributed by atoms with Crippen LogP contribution in [0.2, 0.25) is 0 Å². The number of carbonyl (C=O) groups excluding carboxylic acids is 1. The minimum Gasteiger partial charge on any atom is -0.444 e. The first-order valence-corrected chi connectivity index (χ1v) is 14.0. The molecule has 0 bridgehead atoms. The van der Waals surface area contributed by atoms with Crippen molar-refractivity contribution in [3.05, 3.63) is 72.6 Å². The van der Waals surface area contributed by atoms with E-state index in [-0.39, 0.29) is 11.5 Å². The lowest BCUT2D eigenvalue weighted by atomic mass is 9.86. The van der Waals surface area contributed by atoms with Crippen molar-refractivity contribution in [3.8, 4) is 33.6 Å². The molecule has 1 amide bonds. The van der Waals surface area contributed by atoms with Gasteiger partial charge in [-0.1, -0.05) is 90.1 Å². The highest BCUT2D eigenvalue weighted by atomic mass is 16.6. The van der Waals surface area contributed by atoms with E-state index >= 15 is 0 Å². The van der Waals surface area contributed by atoms with Gasteiger partial charge >= 0.3 is 6.09 Å². The fourth-order valence-corrected chi connectivity index (χ4v) is 4.47. The van der Waals surface area contributed by atoms with Crippen molar-refractivity contribution in [1.29, 1.82) is 0 Å². The summed E-state index contributed by atoms with van der Waals surface area (Å²) in [5.74, 6) is 2.64. The van der Waals surface area contributed by atoms with Crippen LogP contribution in [-0.2, 0) is 4.74 Å². The van der Waals surface area contributed by atoms with Crippen LogP contribution in [0.3, 0.4) is 0 Å². The van der Waals surface area contributed by atoms with E-state index in [1.807, 2.05) is 33.2 Å². The van der Waals surface area contributed by atoms with Crippen LogP contribution in [0.4, 0.5) is 4.79 Å². The monoisotopic (exact) mass is 541 g/mol. The Morgan fingerprint density at radius 2 is 1.15 bits per heavy atom. The Hall–Kier alpha value is -3.87. The van der Waals surface area contributed by atoms with Crippen LogP contribution in [0, 0.1) is 11.3 Å². The molecule has 0 unspecified atom stereocenters. The first kappa shape index (κ1) is 29.1. The lowest BCUT2D eigenvalue weighted by Gasteiger charge is -2.31. The van der Waals surface area contributed by atoms with Crippen LogP contribution in [0.25, 0.3) is 33.6 Å². The SMILES string of the molecule is CC(C)[C@H](C)c1ncc(-c2ccc(-c3ccc(-c4cnc([C@@H](NC(=O)OC(C)(C)C)C(C)(C)C)[nH]4)cc3)cc2)[nH]1. The number of amides is 1. The quantitative estimate of drug-likeness (QED) is 0.218. The maximum absolute atomic E-state index is 12.5. The molecule has 2 atom stereocenters. The van der Waals surface area contributed by atoms with Crippen molar-refractivity contribution >= 4 is 6.09 Å². The summed E-state index contributed by atoms with van der Waals surface area (Å²) in [4.78, 5) is 28.6. The number of hydrogen-bond acceptors (Lipinski definition) is 4. The fourth-order valence-electron chi connectivity index (χ4n) is 4.47. The minimum atomic E-state index is -0.572. The van der Waals surface area contributed by atoms with Gasteiger partial charge in [-0.15, -0.1) is 0 Å². The van der Waals surface area contributed by atoms with Crippen LogP contribution in [0.15, 0.2) is 60.9 Å². The van der Waals surface area contributed by atoms with Gasteiger partial charge in [-0.2, -0.15) is 0 Å². The molecule has 4 rings (SSSR count). The fraction of sp³-hybridized carbons (Fsp3) is 0.424. The average molecular weight is 542 g/mol. The molecule has 2 heterocycles. The lowest BCUT2D eigenvalue weighted by Crippen LogP contribution is -2.40. The number of H-pyrrole nitrogens is 2. The summed E-state index contributed by atoms with van der Waals surface area (Å²) in [6.45, 7) is 18.4. The van der Waals surface area contributed by atoms with Gasteiger partial charge in [-0.25, -0.2) is 14.8 Å². The Balaban J connectivity index is 1.48. The highest BCUT2D eigenvalue weighted by molar-refractivity contribution is 5.72. The van der Waals surface area contributed by atoms with E-state index in [4.69, 9.17) is 4.74 Å². The van der Waals surface area contributed by atoms with Crippen LogP contribution in [0.5, 0.6) is 0 Å². The molecular formula is C33H43N5O2. The number of hydrogen-bond donors (Lipinski definition) is 3. The predicted molar refractivity (Wildman–Crippen MR) is 162 cm³/mol. The second kappa shape index (κ2) is 11.3. The number of nitrogens with one attached hydrogen (secondary N) is 3. The van der Waals surface area contributed by atoms with Crippen LogP contribution in [-0.4, -0.2) is 31.6 Å². The molecule has 212 valence electrons. The molecule has 4 aromatic rings. The Morgan fingerprint density at radius 3 is 1.57 bits per heavy atom. The highest BCUT2D eigenvalue weighted by Crippen LogP contribution is 2.33. The Labute approximate surface area is 238 Å². The van der Waals surface area contributed by atoms with Gasteiger partial charge in [-0.05, 0) is 54.4 Å². The number of imidazole rings is 2. The molecule has 7 heteroatoms. The summed E-state index contributed by atoms with van der Waals surface area (Å²) in [7, 11) is 0. The number of ether oxygens (including phenoxy) is 1. The largest absolute Gasteiger partial charge is 0.444 e. The summed E-state index contributed by atoms with van der Waals surface area (Å²) in [5, 5.41) is 2.99. The second-order valence-electron chi connectivity index (χ2n) is 13.0. The van der Waals surface area contributed by atoms with Crippen LogP contribution < -0.4 is 5.32 Å². The van der Waals surface area contributed by atoms with Crippen LogP contribution >= 0.6 is 0 Å². The number of nitrogens with zero attached hydrogens (tertiary/aromatic N) is 2. The molecule has 40 heavy (non-hydrogen) atoms. The van der Waals surface area contributed by atoms with Gasteiger partial charge in [0.05, 0.1) is 29.8 Å². The third-order valence-corrected chi connectivity index (χ3v) is 7.15.